The first-order valence-electron chi connectivity index (χ1n) is 9.91. The fourth-order valence-corrected chi connectivity index (χ4v) is 4.52. The number of para-hydroxylation sites is 1. The van der Waals surface area contributed by atoms with E-state index in [1.807, 2.05) is 11.0 Å². The first kappa shape index (κ1) is 20.9. The summed E-state index contributed by atoms with van der Waals surface area (Å²) in [5, 5.41) is 3.14. The summed E-state index contributed by atoms with van der Waals surface area (Å²) < 4.78 is 40.9. The van der Waals surface area contributed by atoms with Gasteiger partial charge in [-0.05, 0) is 30.9 Å². The predicted molar refractivity (Wildman–Crippen MR) is 111 cm³/mol. The summed E-state index contributed by atoms with van der Waals surface area (Å²) in [5.74, 6) is 0.996. The highest BCUT2D eigenvalue weighted by Gasteiger charge is 2.22. The van der Waals surface area contributed by atoms with Crippen LogP contribution in [-0.4, -0.2) is 71.3 Å². The maximum absolute atomic E-state index is 14.0. The molecule has 0 atom stereocenters. The van der Waals surface area contributed by atoms with Gasteiger partial charge in [-0.15, -0.1) is 0 Å². The van der Waals surface area contributed by atoms with Crippen molar-refractivity contribution >= 4 is 21.7 Å². The molecule has 3 rings (SSSR count). The minimum absolute atomic E-state index is 0.0218. The number of nitrogens with one attached hydrogen (secondary N) is 2. The molecule has 0 unspecified atom stereocenters. The molecule has 2 aliphatic rings. The molecule has 2 fully saturated rings. The first-order chi connectivity index (χ1) is 13.5. The van der Waals surface area contributed by atoms with Gasteiger partial charge in [0, 0.05) is 46.3 Å². The van der Waals surface area contributed by atoms with Gasteiger partial charge in [0.2, 0.25) is 10.0 Å². The van der Waals surface area contributed by atoms with Crippen LogP contribution < -0.4 is 14.9 Å². The van der Waals surface area contributed by atoms with Gasteiger partial charge in [0.15, 0.2) is 5.96 Å². The Bertz CT molecular complexity index is 774. The summed E-state index contributed by atoms with van der Waals surface area (Å²) in [7, 11) is -1.58. The monoisotopic (exact) mass is 411 g/mol. The smallest absolute Gasteiger partial charge is 0.213 e. The zero-order valence-corrected chi connectivity index (χ0v) is 17.2. The average Bonchev–Trinajstić information content (AvgIpc) is 2.65. The summed E-state index contributed by atoms with van der Waals surface area (Å²) in [6.45, 7) is 3.61. The molecule has 1 saturated heterocycles. The Morgan fingerprint density at radius 2 is 1.93 bits per heavy atom. The maximum Gasteiger partial charge on any atom is 0.213 e. The summed E-state index contributed by atoms with van der Waals surface area (Å²) in [4.78, 5) is 8.36. The van der Waals surface area contributed by atoms with Gasteiger partial charge in [-0.25, -0.2) is 17.5 Å². The number of nitrogens with zero attached hydrogens (tertiary/aromatic N) is 3. The zero-order valence-electron chi connectivity index (χ0n) is 16.4. The van der Waals surface area contributed by atoms with Crippen molar-refractivity contribution in [1.82, 2.24) is 14.9 Å². The first-order valence-corrected chi connectivity index (χ1v) is 11.6. The molecule has 1 aromatic rings. The maximum atomic E-state index is 14.0. The van der Waals surface area contributed by atoms with E-state index < -0.39 is 10.0 Å². The summed E-state index contributed by atoms with van der Waals surface area (Å²) in [5.41, 5.74) is 0.619. The Balaban J connectivity index is 1.42. The van der Waals surface area contributed by atoms with Gasteiger partial charge >= 0.3 is 0 Å². The lowest BCUT2D eigenvalue weighted by Gasteiger charge is -2.37. The molecule has 2 N–H and O–H groups in total. The second kappa shape index (κ2) is 9.56. The fourth-order valence-electron chi connectivity index (χ4n) is 3.51. The quantitative estimate of drug-likeness (QED) is 0.522. The van der Waals surface area contributed by atoms with E-state index in [4.69, 9.17) is 0 Å². The molecular weight excluding hydrogens is 381 g/mol. The number of aliphatic imine (C=N–C) groups is 1. The molecule has 0 bridgehead atoms. The van der Waals surface area contributed by atoms with Gasteiger partial charge in [-0.1, -0.05) is 18.6 Å². The summed E-state index contributed by atoms with van der Waals surface area (Å²) >= 11 is 0. The van der Waals surface area contributed by atoms with Gasteiger partial charge in [-0.2, -0.15) is 0 Å². The highest BCUT2D eigenvalue weighted by atomic mass is 32.2. The topological polar surface area (TPSA) is 77.0 Å². The van der Waals surface area contributed by atoms with Crippen LogP contribution in [0, 0.1) is 11.7 Å². The number of sulfonamides is 1. The van der Waals surface area contributed by atoms with Crippen molar-refractivity contribution in [2.45, 2.75) is 19.3 Å². The highest BCUT2D eigenvalue weighted by molar-refractivity contribution is 7.89. The third-order valence-electron chi connectivity index (χ3n) is 5.45. The average molecular weight is 412 g/mol. The molecule has 1 saturated carbocycles. The van der Waals surface area contributed by atoms with Gasteiger partial charge in [0.1, 0.15) is 5.82 Å². The van der Waals surface area contributed by atoms with E-state index in [-0.39, 0.29) is 11.6 Å². The Kier molecular flexibility index (Phi) is 7.12. The van der Waals surface area contributed by atoms with E-state index in [0.29, 0.717) is 56.8 Å². The number of hydrogen-bond donors (Lipinski definition) is 2. The number of guanidine groups is 1. The van der Waals surface area contributed by atoms with E-state index in [9.17, 15) is 12.8 Å². The van der Waals surface area contributed by atoms with Gasteiger partial charge < -0.3 is 15.1 Å². The standard InChI is InChI=1S/C19H30FN5O2S/c1-21-19(22-9-14-28(26,27)23-15-16-5-4-6-16)25-12-10-24(11-13-25)18-8-3-2-7-17(18)20/h2-3,7-8,16,23H,4-6,9-15H2,1H3,(H,21,22). The van der Waals surface area contributed by atoms with Crippen LogP contribution in [0.4, 0.5) is 10.1 Å². The predicted octanol–water partition coefficient (Wildman–Crippen LogP) is 1.24. The highest BCUT2D eigenvalue weighted by Crippen LogP contribution is 2.25. The van der Waals surface area contributed by atoms with E-state index >= 15 is 0 Å². The Labute approximate surface area is 167 Å². The van der Waals surface area contributed by atoms with Crippen LogP contribution in [0.25, 0.3) is 0 Å². The third kappa shape index (κ3) is 5.57. The lowest BCUT2D eigenvalue weighted by atomic mass is 9.86. The second-order valence-corrected chi connectivity index (χ2v) is 9.29. The summed E-state index contributed by atoms with van der Waals surface area (Å²) in [6, 6.07) is 6.79. The molecule has 0 radical (unpaired) electrons. The molecule has 156 valence electrons. The molecule has 9 heteroatoms. The van der Waals surface area contributed by atoms with Crippen LogP contribution in [0.2, 0.25) is 0 Å². The largest absolute Gasteiger partial charge is 0.366 e. The fraction of sp³-hybridized carbons (Fsp3) is 0.632. The van der Waals surface area contributed by atoms with Crippen molar-refractivity contribution in [3.63, 3.8) is 0 Å². The zero-order chi connectivity index (χ0) is 20.0. The molecule has 1 aromatic carbocycles. The van der Waals surface area contributed by atoms with Crippen LogP contribution >= 0.6 is 0 Å². The van der Waals surface area contributed by atoms with E-state index in [0.717, 1.165) is 12.8 Å². The lowest BCUT2D eigenvalue weighted by molar-refractivity contribution is 0.316. The molecule has 1 aliphatic heterocycles. The van der Waals surface area contributed by atoms with E-state index in [1.165, 1.54) is 12.5 Å². The molecule has 0 amide bonds. The Morgan fingerprint density at radius 3 is 2.54 bits per heavy atom. The minimum Gasteiger partial charge on any atom is -0.366 e. The number of halogens is 1. The molecule has 28 heavy (non-hydrogen) atoms. The van der Waals surface area contributed by atoms with Crippen LogP contribution in [0.5, 0.6) is 0 Å². The van der Waals surface area contributed by atoms with Crippen molar-refractivity contribution < 1.29 is 12.8 Å². The Hall–Kier alpha value is -1.87. The van der Waals surface area contributed by atoms with Crippen molar-refractivity contribution in [2.24, 2.45) is 10.9 Å². The Morgan fingerprint density at radius 1 is 1.21 bits per heavy atom. The second-order valence-electron chi connectivity index (χ2n) is 7.36. The number of piperazine rings is 1. The van der Waals surface area contributed by atoms with Crippen molar-refractivity contribution in [2.75, 3.05) is 57.0 Å². The normalized spacial score (nSPS) is 18.9. The van der Waals surface area contributed by atoms with Crippen LogP contribution in [0.1, 0.15) is 19.3 Å². The third-order valence-corrected chi connectivity index (χ3v) is 6.80. The van der Waals surface area contributed by atoms with Gasteiger partial charge in [-0.3, -0.25) is 4.99 Å². The van der Waals surface area contributed by atoms with E-state index in [1.54, 1.807) is 19.2 Å². The molecule has 7 nitrogen and oxygen atoms in total. The van der Waals surface area contributed by atoms with Gasteiger partial charge in [0.25, 0.3) is 0 Å². The van der Waals surface area contributed by atoms with Crippen molar-refractivity contribution in [3.05, 3.63) is 30.1 Å². The molecular formula is C19H30FN5O2S. The SMILES string of the molecule is CN=C(NCCS(=O)(=O)NCC1CCC1)N1CCN(c2ccccc2F)CC1. The number of benzene rings is 1. The molecule has 1 aliphatic carbocycles. The number of hydrogen-bond acceptors (Lipinski definition) is 4. The molecule has 0 spiro atoms. The van der Waals surface area contributed by atoms with Crippen LogP contribution in [0.15, 0.2) is 29.3 Å². The van der Waals surface area contributed by atoms with Gasteiger partial charge in [0.05, 0.1) is 11.4 Å². The van der Waals surface area contributed by atoms with Crippen LogP contribution in [0.3, 0.4) is 0 Å². The molecule has 0 aromatic heterocycles. The van der Waals surface area contributed by atoms with Crippen LogP contribution in [-0.2, 0) is 10.0 Å². The summed E-state index contributed by atoms with van der Waals surface area (Å²) in [6.07, 6.45) is 3.44. The van der Waals surface area contributed by atoms with Crippen molar-refractivity contribution in [3.8, 4) is 0 Å². The molecule has 1 heterocycles. The van der Waals surface area contributed by atoms with Crippen molar-refractivity contribution in [1.29, 1.82) is 0 Å². The minimum atomic E-state index is -3.27. The number of rotatable bonds is 7. The lowest BCUT2D eigenvalue weighted by Crippen LogP contribution is -2.53. The van der Waals surface area contributed by atoms with E-state index in [2.05, 4.69) is 19.9 Å². The number of anilines is 1.